The maximum atomic E-state index is 12.6. The molecule has 2 aromatic rings. The van der Waals surface area contributed by atoms with Gasteiger partial charge in [0.25, 0.3) is 5.91 Å². The molecule has 1 N–H and O–H groups in total. The van der Waals surface area contributed by atoms with Gasteiger partial charge in [-0.15, -0.1) is 0 Å². The van der Waals surface area contributed by atoms with E-state index in [4.69, 9.17) is 11.6 Å². The van der Waals surface area contributed by atoms with Crippen LogP contribution in [0.25, 0.3) is 11.4 Å². The Bertz CT molecular complexity index is 744. The van der Waals surface area contributed by atoms with Crippen LogP contribution in [0.5, 0.6) is 0 Å². The number of aliphatic hydroxyl groups is 1. The van der Waals surface area contributed by atoms with Gasteiger partial charge in [-0.2, -0.15) is 0 Å². The standard InChI is InChI=1S/C18H20ClN3O2/c1-11-9-15(18(24)22(2)10-16(23)12-3-4-12)21-17(20-11)13-5-7-14(19)8-6-13/h5-9,12,16,23H,3-4,10H2,1-2H3. The van der Waals surface area contributed by atoms with Crippen LogP contribution in [-0.2, 0) is 0 Å². The molecule has 126 valence electrons. The van der Waals surface area contributed by atoms with E-state index in [1.165, 1.54) is 4.90 Å². The van der Waals surface area contributed by atoms with Gasteiger partial charge in [0.2, 0.25) is 0 Å². The lowest BCUT2D eigenvalue weighted by atomic mass is 10.2. The molecule has 24 heavy (non-hydrogen) atoms. The molecule has 1 aliphatic rings. The first kappa shape index (κ1) is 16.9. The quantitative estimate of drug-likeness (QED) is 0.904. The molecule has 1 fully saturated rings. The van der Waals surface area contributed by atoms with Gasteiger partial charge in [0, 0.05) is 29.9 Å². The highest BCUT2D eigenvalue weighted by molar-refractivity contribution is 6.30. The first-order valence-electron chi connectivity index (χ1n) is 7.99. The molecule has 0 spiro atoms. The predicted octanol–water partition coefficient (Wildman–Crippen LogP) is 2.95. The summed E-state index contributed by atoms with van der Waals surface area (Å²) in [4.78, 5) is 22.9. The van der Waals surface area contributed by atoms with Gasteiger partial charge < -0.3 is 10.0 Å². The van der Waals surface area contributed by atoms with Crippen LogP contribution < -0.4 is 0 Å². The topological polar surface area (TPSA) is 66.3 Å². The van der Waals surface area contributed by atoms with Crippen LogP contribution >= 0.6 is 11.6 Å². The minimum atomic E-state index is -0.461. The van der Waals surface area contributed by atoms with E-state index in [1.54, 1.807) is 25.2 Å². The molecule has 1 heterocycles. The molecule has 0 bridgehead atoms. The third kappa shape index (κ3) is 3.91. The molecule has 1 unspecified atom stereocenters. The Kier molecular flexibility index (Phi) is 4.83. The van der Waals surface area contributed by atoms with Crippen LogP contribution in [0.1, 0.15) is 29.0 Å². The Morgan fingerprint density at radius 1 is 1.33 bits per heavy atom. The summed E-state index contributed by atoms with van der Waals surface area (Å²) in [7, 11) is 1.69. The minimum Gasteiger partial charge on any atom is -0.391 e. The van der Waals surface area contributed by atoms with Crippen molar-refractivity contribution in [2.45, 2.75) is 25.9 Å². The average molecular weight is 346 g/mol. The summed E-state index contributed by atoms with van der Waals surface area (Å²) in [5, 5.41) is 10.7. The number of carbonyl (C=O) groups is 1. The van der Waals surface area contributed by atoms with Gasteiger partial charge >= 0.3 is 0 Å². The number of aliphatic hydroxyl groups excluding tert-OH is 1. The van der Waals surface area contributed by atoms with E-state index >= 15 is 0 Å². The lowest BCUT2D eigenvalue weighted by Crippen LogP contribution is -2.35. The summed E-state index contributed by atoms with van der Waals surface area (Å²) in [6.07, 6.45) is 1.62. The van der Waals surface area contributed by atoms with Crippen molar-refractivity contribution in [2.75, 3.05) is 13.6 Å². The fourth-order valence-electron chi connectivity index (χ4n) is 2.60. The van der Waals surface area contributed by atoms with E-state index in [2.05, 4.69) is 9.97 Å². The molecule has 1 atom stereocenters. The molecule has 0 saturated heterocycles. The number of carbonyl (C=O) groups excluding carboxylic acids is 1. The zero-order valence-electron chi connectivity index (χ0n) is 13.7. The van der Waals surface area contributed by atoms with E-state index in [0.29, 0.717) is 29.0 Å². The Hall–Kier alpha value is -1.98. The van der Waals surface area contributed by atoms with Gasteiger partial charge in [-0.05, 0) is 56.0 Å². The van der Waals surface area contributed by atoms with Crippen molar-refractivity contribution in [2.24, 2.45) is 5.92 Å². The number of aromatic nitrogens is 2. The molecule has 1 aliphatic carbocycles. The highest BCUT2D eigenvalue weighted by Gasteiger charge is 2.31. The third-order valence-electron chi connectivity index (χ3n) is 4.15. The molecular weight excluding hydrogens is 326 g/mol. The number of likely N-dealkylation sites (N-methyl/N-ethyl adjacent to an activating group) is 1. The summed E-state index contributed by atoms with van der Waals surface area (Å²) in [6.45, 7) is 2.15. The first-order chi connectivity index (χ1) is 11.4. The SMILES string of the molecule is Cc1cc(C(=O)N(C)CC(O)C2CC2)nc(-c2ccc(Cl)cc2)n1. The summed E-state index contributed by atoms with van der Waals surface area (Å²) < 4.78 is 0. The number of nitrogens with zero attached hydrogens (tertiary/aromatic N) is 3. The van der Waals surface area contributed by atoms with Crippen LogP contribution in [0.3, 0.4) is 0 Å². The second kappa shape index (κ2) is 6.87. The van der Waals surface area contributed by atoms with E-state index < -0.39 is 6.10 Å². The molecule has 6 heteroatoms. The van der Waals surface area contributed by atoms with E-state index in [1.807, 2.05) is 19.1 Å². The zero-order valence-corrected chi connectivity index (χ0v) is 14.5. The minimum absolute atomic E-state index is 0.213. The second-order valence-electron chi connectivity index (χ2n) is 6.32. The lowest BCUT2D eigenvalue weighted by Gasteiger charge is -2.20. The summed E-state index contributed by atoms with van der Waals surface area (Å²) in [6, 6.07) is 8.85. The van der Waals surface area contributed by atoms with Gasteiger partial charge in [0.05, 0.1) is 6.10 Å². The van der Waals surface area contributed by atoms with Crippen molar-refractivity contribution >= 4 is 17.5 Å². The number of amides is 1. The van der Waals surface area contributed by atoms with Crippen molar-refractivity contribution in [3.8, 4) is 11.4 Å². The monoisotopic (exact) mass is 345 g/mol. The number of hydrogen-bond acceptors (Lipinski definition) is 4. The third-order valence-corrected chi connectivity index (χ3v) is 4.40. The Morgan fingerprint density at radius 2 is 2.00 bits per heavy atom. The van der Waals surface area contributed by atoms with Gasteiger partial charge in [-0.1, -0.05) is 11.6 Å². The van der Waals surface area contributed by atoms with Crippen molar-refractivity contribution in [1.82, 2.24) is 14.9 Å². The summed E-state index contributed by atoms with van der Waals surface area (Å²) in [5.41, 5.74) is 1.85. The van der Waals surface area contributed by atoms with Crippen LogP contribution in [0.15, 0.2) is 30.3 Å². The number of benzene rings is 1. The van der Waals surface area contributed by atoms with Crippen molar-refractivity contribution < 1.29 is 9.90 Å². The van der Waals surface area contributed by atoms with Crippen molar-refractivity contribution in [1.29, 1.82) is 0 Å². The molecule has 1 aromatic carbocycles. The van der Waals surface area contributed by atoms with Crippen LogP contribution in [-0.4, -0.2) is 45.6 Å². The molecule has 1 aromatic heterocycles. The van der Waals surface area contributed by atoms with Gasteiger partial charge in [0.1, 0.15) is 5.69 Å². The average Bonchev–Trinajstić information content (AvgIpc) is 3.39. The Balaban J connectivity index is 1.82. The van der Waals surface area contributed by atoms with Crippen LogP contribution in [0, 0.1) is 12.8 Å². The molecule has 1 amide bonds. The number of aryl methyl sites for hydroxylation is 1. The normalized spacial score (nSPS) is 15.2. The molecule has 0 aliphatic heterocycles. The van der Waals surface area contributed by atoms with E-state index in [0.717, 1.165) is 24.1 Å². The largest absolute Gasteiger partial charge is 0.391 e. The summed E-state index contributed by atoms with van der Waals surface area (Å²) in [5.74, 6) is 0.610. The number of rotatable bonds is 5. The maximum absolute atomic E-state index is 12.6. The molecule has 3 rings (SSSR count). The lowest BCUT2D eigenvalue weighted by molar-refractivity contribution is 0.0640. The fraction of sp³-hybridized carbons (Fsp3) is 0.389. The van der Waals surface area contributed by atoms with Gasteiger partial charge in [-0.3, -0.25) is 4.79 Å². The predicted molar refractivity (Wildman–Crippen MR) is 92.9 cm³/mol. The smallest absolute Gasteiger partial charge is 0.272 e. The van der Waals surface area contributed by atoms with E-state index in [-0.39, 0.29) is 5.91 Å². The first-order valence-corrected chi connectivity index (χ1v) is 8.37. The van der Waals surface area contributed by atoms with Crippen LogP contribution in [0.2, 0.25) is 5.02 Å². The number of hydrogen-bond donors (Lipinski definition) is 1. The summed E-state index contributed by atoms with van der Waals surface area (Å²) >= 11 is 5.91. The fourth-order valence-corrected chi connectivity index (χ4v) is 2.72. The molecular formula is C18H20ClN3O2. The molecule has 5 nitrogen and oxygen atoms in total. The Labute approximate surface area is 146 Å². The van der Waals surface area contributed by atoms with E-state index in [9.17, 15) is 9.90 Å². The Morgan fingerprint density at radius 3 is 2.62 bits per heavy atom. The van der Waals surface area contributed by atoms with Gasteiger partial charge in [0.15, 0.2) is 5.82 Å². The maximum Gasteiger partial charge on any atom is 0.272 e. The highest BCUT2D eigenvalue weighted by Crippen LogP contribution is 2.32. The van der Waals surface area contributed by atoms with Crippen molar-refractivity contribution in [3.63, 3.8) is 0 Å². The zero-order chi connectivity index (χ0) is 17.3. The molecule has 0 radical (unpaired) electrons. The van der Waals surface area contributed by atoms with Crippen LogP contribution in [0.4, 0.5) is 0 Å². The number of halogens is 1. The molecule has 1 saturated carbocycles. The second-order valence-corrected chi connectivity index (χ2v) is 6.75. The van der Waals surface area contributed by atoms with Gasteiger partial charge in [-0.25, -0.2) is 9.97 Å². The van der Waals surface area contributed by atoms with Crippen molar-refractivity contribution in [3.05, 3.63) is 46.7 Å². The highest BCUT2D eigenvalue weighted by atomic mass is 35.5.